The van der Waals surface area contributed by atoms with Gasteiger partial charge in [0.15, 0.2) is 0 Å². The number of thioether (sulfide) groups is 1. The number of benzene rings is 2. The summed E-state index contributed by atoms with van der Waals surface area (Å²) >= 11 is 1.99. The number of hydrogen-bond acceptors (Lipinski definition) is 3. The molecule has 0 bridgehead atoms. The summed E-state index contributed by atoms with van der Waals surface area (Å²) in [6.07, 6.45) is 4.44. The second kappa shape index (κ2) is 7.78. The monoisotopic (exact) mass is 390 g/mol. The number of aromatic nitrogens is 1. The Hall–Kier alpha value is -2.01. The van der Waals surface area contributed by atoms with Gasteiger partial charge in [-0.05, 0) is 52.3 Å². The van der Waals surface area contributed by atoms with E-state index in [1.807, 2.05) is 23.9 Å². The van der Waals surface area contributed by atoms with Crippen molar-refractivity contribution in [2.45, 2.75) is 25.2 Å². The van der Waals surface area contributed by atoms with Gasteiger partial charge in [-0.1, -0.05) is 36.4 Å². The van der Waals surface area contributed by atoms with Gasteiger partial charge in [-0.15, -0.1) is 0 Å². The van der Waals surface area contributed by atoms with Crippen molar-refractivity contribution in [2.75, 3.05) is 25.4 Å². The highest BCUT2D eigenvalue weighted by Gasteiger charge is 2.26. The topological polar surface area (TPSA) is 39.3 Å². The molecule has 2 heterocycles. The zero-order chi connectivity index (χ0) is 18.9. The van der Waals surface area contributed by atoms with Gasteiger partial charge in [0.25, 0.3) is 0 Å². The molecule has 0 atom stereocenters. The van der Waals surface area contributed by atoms with E-state index < -0.39 is 0 Å². The van der Waals surface area contributed by atoms with E-state index in [9.17, 15) is 5.11 Å². The molecule has 0 fully saturated rings. The van der Waals surface area contributed by atoms with Crippen LogP contribution >= 0.6 is 11.8 Å². The Balaban J connectivity index is 1.16. The van der Waals surface area contributed by atoms with Gasteiger partial charge >= 0.3 is 0 Å². The number of nitrogens with zero attached hydrogens (tertiary/aromatic N) is 1. The molecule has 0 radical (unpaired) electrons. The van der Waals surface area contributed by atoms with Crippen molar-refractivity contribution in [3.05, 3.63) is 76.5 Å². The van der Waals surface area contributed by atoms with Gasteiger partial charge in [0.2, 0.25) is 0 Å². The van der Waals surface area contributed by atoms with E-state index in [-0.39, 0.29) is 6.61 Å². The minimum Gasteiger partial charge on any atom is -0.392 e. The Bertz CT molecular complexity index is 1040. The molecule has 0 amide bonds. The molecule has 1 aromatic heterocycles. The van der Waals surface area contributed by atoms with E-state index in [2.05, 4.69) is 46.4 Å². The van der Waals surface area contributed by atoms with Gasteiger partial charge in [-0.2, -0.15) is 11.8 Å². The van der Waals surface area contributed by atoms with Crippen LogP contribution in [0.1, 0.15) is 28.7 Å². The number of aliphatic hydroxyl groups is 1. The summed E-state index contributed by atoms with van der Waals surface area (Å²) < 4.78 is 0. The standard InChI is InChI=1S/C24H26N2OS/c27-15-18-5-3-7-23-24(18)20(13-25-23)16-28-11-10-26-9-8-22-19(14-26)12-17-4-1-2-6-21(17)22/h1-7,13,25,27H,8-12,14-16H2. The normalized spacial score (nSPS) is 16.6. The lowest BCUT2D eigenvalue weighted by molar-refractivity contribution is 0.283. The first kappa shape index (κ1) is 18.0. The fourth-order valence-corrected chi connectivity index (χ4v) is 5.71. The molecule has 3 nitrogen and oxygen atoms in total. The average Bonchev–Trinajstić information content (AvgIpc) is 3.32. The summed E-state index contributed by atoms with van der Waals surface area (Å²) in [5.41, 5.74) is 9.73. The number of hydrogen-bond donors (Lipinski definition) is 2. The lowest BCUT2D eigenvalue weighted by Gasteiger charge is -2.28. The van der Waals surface area contributed by atoms with Crippen molar-refractivity contribution in [3.8, 4) is 0 Å². The lowest BCUT2D eigenvalue weighted by Crippen LogP contribution is -2.32. The molecule has 1 aliphatic carbocycles. The quantitative estimate of drug-likeness (QED) is 0.604. The van der Waals surface area contributed by atoms with Gasteiger partial charge in [-0.3, -0.25) is 4.90 Å². The van der Waals surface area contributed by atoms with Crippen LogP contribution in [0, 0.1) is 0 Å². The summed E-state index contributed by atoms with van der Waals surface area (Å²) in [4.78, 5) is 5.96. The molecule has 2 aromatic carbocycles. The molecule has 3 aromatic rings. The van der Waals surface area contributed by atoms with Crippen molar-refractivity contribution in [1.82, 2.24) is 9.88 Å². The maximum atomic E-state index is 9.63. The minimum atomic E-state index is 0.0977. The first-order chi connectivity index (χ1) is 13.8. The molecular formula is C24H26N2OS. The summed E-state index contributed by atoms with van der Waals surface area (Å²) in [6.45, 7) is 3.55. The number of aromatic amines is 1. The van der Waals surface area contributed by atoms with Gasteiger partial charge in [0.1, 0.15) is 0 Å². The highest BCUT2D eigenvalue weighted by molar-refractivity contribution is 7.98. The van der Waals surface area contributed by atoms with Crippen LogP contribution in [0.5, 0.6) is 0 Å². The van der Waals surface area contributed by atoms with Crippen molar-refractivity contribution in [1.29, 1.82) is 0 Å². The average molecular weight is 391 g/mol. The first-order valence-electron chi connectivity index (χ1n) is 10.1. The Labute approximate surface area is 170 Å². The SMILES string of the molecule is OCc1cccc2[nH]cc(CSCCN3CCC4=C(Cc5ccccc54)C3)c12. The molecule has 2 aliphatic rings. The lowest BCUT2D eigenvalue weighted by atomic mass is 9.99. The Morgan fingerprint density at radius 3 is 2.93 bits per heavy atom. The van der Waals surface area contributed by atoms with E-state index in [1.165, 1.54) is 35.0 Å². The number of fused-ring (bicyclic) bond motifs is 3. The molecular weight excluding hydrogens is 364 g/mol. The zero-order valence-corrected chi connectivity index (χ0v) is 16.9. The highest BCUT2D eigenvalue weighted by atomic mass is 32.2. The second-order valence-corrected chi connectivity index (χ2v) is 8.91. The second-order valence-electron chi connectivity index (χ2n) is 7.81. The predicted molar refractivity (Wildman–Crippen MR) is 119 cm³/mol. The molecule has 144 valence electrons. The van der Waals surface area contributed by atoms with E-state index in [0.717, 1.165) is 42.1 Å². The summed E-state index contributed by atoms with van der Waals surface area (Å²) in [7, 11) is 0. The fraction of sp³-hybridized carbons (Fsp3) is 0.333. The largest absolute Gasteiger partial charge is 0.392 e. The van der Waals surface area contributed by atoms with Crippen LogP contribution in [-0.2, 0) is 18.8 Å². The van der Waals surface area contributed by atoms with E-state index in [0.29, 0.717) is 0 Å². The Kier molecular flexibility index (Phi) is 5.02. The first-order valence-corrected chi connectivity index (χ1v) is 11.3. The van der Waals surface area contributed by atoms with Gasteiger partial charge in [0, 0.05) is 48.2 Å². The molecule has 1 aliphatic heterocycles. The maximum Gasteiger partial charge on any atom is 0.0688 e. The van der Waals surface area contributed by atoms with Gasteiger partial charge in [0.05, 0.1) is 6.61 Å². The van der Waals surface area contributed by atoms with Crippen molar-refractivity contribution >= 4 is 28.2 Å². The van der Waals surface area contributed by atoms with Crippen LogP contribution in [0.3, 0.4) is 0 Å². The van der Waals surface area contributed by atoms with E-state index in [1.54, 1.807) is 11.1 Å². The molecule has 0 unspecified atom stereocenters. The predicted octanol–water partition coefficient (Wildman–Crippen LogP) is 4.61. The van der Waals surface area contributed by atoms with Crippen molar-refractivity contribution < 1.29 is 5.11 Å². The van der Waals surface area contributed by atoms with E-state index >= 15 is 0 Å². The summed E-state index contributed by atoms with van der Waals surface area (Å²) in [5, 5.41) is 10.8. The highest BCUT2D eigenvalue weighted by Crippen LogP contribution is 2.37. The number of aliphatic hydroxyl groups excluding tert-OH is 1. The van der Waals surface area contributed by atoms with Crippen molar-refractivity contribution in [3.63, 3.8) is 0 Å². The molecule has 0 saturated carbocycles. The molecule has 0 saturated heterocycles. The van der Waals surface area contributed by atoms with Crippen LogP contribution in [0.15, 0.2) is 54.2 Å². The Morgan fingerprint density at radius 1 is 1.07 bits per heavy atom. The van der Waals surface area contributed by atoms with Crippen LogP contribution < -0.4 is 0 Å². The van der Waals surface area contributed by atoms with Crippen LogP contribution in [0.2, 0.25) is 0 Å². The van der Waals surface area contributed by atoms with Crippen LogP contribution in [0.4, 0.5) is 0 Å². The Morgan fingerprint density at radius 2 is 2.00 bits per heavy atom. The van der Waals surface area contributed by atoms with Gasteiger partial charge < -0.3 is 10.1 Å². The third-order valence-corrected chi connectivity index (χ3v) is 7.11. The molecule has 4 heteroatoms. The van der Waals surface area contributed by atoms with Crippen LogP contribution in [0.25, 0.3) is 16.5 Å². The molecule has 2 N–H and O–H groups in total. The third-order valence-electron chi connectivity index (χ3n) is 6.12. The number of H-pyrrole nitrogens is 1. The number of rotatable bonds is 6. The van der Waals surface area contributed by atoms with E-state index in [4.69, 9.17) is 0 Å². The zero-order valence-electron chi connectivity index (χ0n) is 16.1. The third kappa shape index (κ3) is 3.30. The molecule has 28 heavy (non-hydrogen) atoms. The van der Waals surface area contributed by atoms with Crippen molar-refractivity contribution in [2.24, 2.45) is 0 Å². The summed E-state index contributed by atoms with van der Waals surface area (Å²) in [5.74, 6) is 2.13. The number of nitrogens with one attached hydrogen (secondary N) is 1. The minimum absolute atomic E-state index is 0.0977. The smallest absolute Gasteiger partial charge is 0.0688 e. The van der Waals surface area contributed by atoms with Gasteiger partial charge in [-0.25, -0.2) is 0 Å². The maximum absolute atomic E-state index is 9.63. The molecule has 0 spiro atoms. The van der Waals surface area contributed by atoms with Crippen LogP contribution in [-0.4, -0.2) is 40.4 Å². The summed E-state index contributed by atoms with van der Waals surface area (Å²) in [6, 6.07) is 15.0. The fourth-order valence-electron chi connectivity index (χ4n) is 4.73. The molecule has 5 rings (SSSR count).